The van der Waals surface area contributed by atoms with E-state index in [0.717, 1.165) is 0 Å². The lowest BCUT2D eigenvalue weighted by Gasteiger charge is -2.37. The second-order valence-corrected chi connectivity index (χ2v) is 4.16. The van der Waals surface area contributed by atoms with Crippen LogP contribution in [0.25, 0.3) is 0 Å². The maximum absolute atomic E-state index is 11.9. The summed E-state index contributed by atoms with van der Waals surface area (Å²) in [5.74, 6) is -2.35. The number of hydrogen-bond donors (Lipinski definition) is 2. The Morgan fingerprint density at radius 3 is 2.38 bits per heavy atom. The first kappa shape index (κ1) is 13.2. The zero-order valence-electron chi connectivity index (χ0n) is 8.80. The Kier molecular flexibility index (Phi) is 3.80. The van der Waals surface area contributed by atoms with Crippen molar-refractivity contribution in [1.82, 2.24) is 5.32 Å². The average molecular weight is 241 g/mol. The zero-order valence-corrected chi connectivity index (χ0v) is 8.80. The Morgan fingerprint density at radius 1 is 1.44 bits per heavy atom. The third kappa shape index (κ3) is 3.08. The standard InChI is InChI=1S/C9H14F3NO3/c1-8(2-4-13-5-3-8)6(14)16-7(15)9(10,11)12/h6,13-14H,2-5H2,1H3. The van der Waals surface area contributed by atoms with Crippen molar-refractivity contribution < 1.29 is 27.8 Å². The molecule has 1 unspecified atom stereocenters. The van der Waals surface area contributed by atoms with Gasteiger partial charge in [0.1, 0.15) is 0 Å². The van der Waals surface area contributed by atoms with E-state index in [2.05, 4.69) is 10.1 Å². The number of hydrogen-bond acceptors (Lipinski definition) is 4. The summed E-state index contributed by atoms with van der Waals surface area (Å²) >= 11 is 0. The molecular weight excluding hydrogens is 227 g/mol. The predicted octanol–water partition coefficient (Wildman–Crippen LogP) is 0.800. The maximum Gasteiger partial charge on any atom is 0.491 e. The van der Waals surface area contributed by atoms with Crippen LogP contribution < -0.4 is 5.32 Å². The highest BCUT2D eigenvalue weighted by Gasteiger charge is 2.45. The van der Waals surface area contributed by atoms with Crippen LogP contribution in [0.5, 0.6) is 0 Å². The minimum Gasteiger partial charge on any atom is -0.429 e. The summed E-state index contributed by atoms with van der Waals surface area (Å²) in [6.07, 6.45) is -5.87. The number of aliphatic hydroxyl groups excluding tert-OH is 1. The highest BCUT2D eigenvalue weighted by molar-refractivity contribution is 5.75. The van der Waals surface area contributed by atoms with Crippen LogP contribution in [0, 0.1) is 5.41 Å². The molecule has 1 rings (SSSR count). The van der Waals surface area contributed by atoms with Crippen molar-refractivity contribution in [3.63, 3.8) is 0 Å². The van der Waals surface area contributed by atoms with Gasteiger partial charge in [-0.2, -0.15) is 13.2 Å². The van der Waals surface area contributed by atoms with Crippen molar-refractivity contribution in [2.75, 3.05) is 13.1 Å². The second kappa shape index (κ2) is 4.58. The van der Waals surface area contributed by atoms with Crippen molar-refractivity contribution in [3.8, 4) is 0 Å². The molecule has 1 saturated heterocycles. The van der Waals surface area contributed by atoms with Crippen molar-refractivity contribution in [2.24, 2.45) is 5.41 Å². The van der Waals surface area contributed by atoms with Gasteiger partial charge in [-0.05, 0) is 25.9 Å². The van der Waals surface area contributed by atoms with Gasteiger partial charge >= 0.3 is 12.1 Å². The van der Waals surface area contributed by atoms with Gasteiger partial charge in [-0.25, -0.2) is 4.79 Å². The first-order chi connectivity index (χ1) is 7.26. The third-order valence-electron chi connectivity index (χ3n) is 2.79. The van der Waals surface area contributed by atoms with E-state index < -0.39 is 23.9 Å². The van der Waals surface area contributed by atoms with Crippen molar-refractivity contribution >= 4 is 5.97 Å². The van der Waals surface area contributed by atoms with E-state index in [1.165, 1.54) is 0 Å². The first-order valence-electron chi connectivity index (χ1n) is 4.92. The van der Waals surface area contributed by atoms with Gasteiger partial charge in [0.15, 0.2) is 0 Å². The maximum atomic E-state index is 11.9. The molecule has 1 aliphatic heterocycles. The fourth-order valence-electron chi connectivity index (χ4n) is 1.56. The van der Waals surface area contributed by atoms with E-state index in [9.17, 15) is 23.1 Å². The van der Waals surface area contributed by atoms with Gasteiger partial charge in [0.2, 0.25) is 6.29 Å². The number of alkyl halides is 3. The molecule has 0 spiro atoms. The molecule has 2 N–H and O–H groups in total. The lowest BCUT2D eigenvalue weighted by atomic mass is 9.80. The van der Waals surface area contributed by atoms with Gasteiger partial charge in [0, 0.05) is 5.41 Å². The van der Waals surface area contributed by atoms with Crippen LogP contribution in [-0.4, -0.2) is 36.6 Å². The van der Waals surface area contributed by atoms with Crippen LogP contribution in [0.3, 0.4) is 0 Å². The quantitative estimate of drug-likeness (QED) is 0.554. The van der Waals surface area contributed by atoms with E-state index >= 15 is 0 Å². The van der Waals surface area contributed by atoms with E-state index in [1.807, 2.05) is 0 Å². The Morgan fingerprint density at radius 2 is 1.94 bits per heavy atom. The number of carbonyl (C=O) groups excluding carboxylic acids is 1. The summed E-state index contributed by atoms with van der Waals surface area (Å²) in [5.41, 5.74) is -0.813. The van der Waals surface area contributed by atoms with Crippen molar-refractivity contribution in [1.29, 1.82) is 0 Å². The Labute approximate surface area is 90.8 Å². The summed E-state index contributed by atoms with van der Waals surface area (Å²) in [5, 5.41) is 12.5. The zero-order chi connectivity index (χ0) is 12.4. The SMILES string of the molecule is CC1(C(O)OC(=O)C(F)(F)F)CCNCC1. The van der Waals surface area contributed by atoms with E-state index in [-0.39, 0.29) is 0 Å². The van der Waals surface area contributed by atoms with Gasteiger partial charge < -0.3 is 15.2 Å². The molecule has 1 heterocycles. The number of aliphatic hydroxyl groups is 1. The molecule has 0 radical (unpaired) electrons. The normalized spacial score (nSPS) is 22.6. The number of halogens is 3. The molecule has 1 aliphatic rings. The van der Waals surface area contributed by atoms with E-state index in [0.29, 0.717) is 25.9 Å². The van der Waals surface area contributed by atoms with Crippen LogP contribution >= 0.6 is 0 Å². The number of nitrogens with one attached hydrogen (secondary N) is 1. The number of piperidine rings is 1. The number of rotatable bonds is 2. The molecule has 1 fully saturated rings. The van der Waals surface area contributed by atoms with Crippen molar-refractivity contribution in [3.05, 3.63) is 0 Å². The summed E-state index contributed by atoms with van der Waals surface area (Å²) in [4.78, 5) is 10.5. The van der Waals surface area contributed by atoms with Crippen LogP contribution in [-0.2, 0) is 9.53 Å². The molecule has 0 aromatic heterocycles. The highest BCUT2D eigenvalue weighted by Crippen LogP contribution is 2.33. The molecule has 4 nitrogen and oxygen atoms in total. The third-order valence-corrected chi connectivity index (χ3v) is 2.79. The van der Waals surface area contributed by atoms with Crippen LogP contribution in [0.4, 0.5) is 13.2 Å². The van der Waals surface area contributed by atoms with Crippen LogP contribution in [0.2, 0.25) is 0 Å². The highest BCUT2D eigenvalue weighted by atomic mass is 19.4. The molecule has 16 heavy (non-hydrogen) atoms. The lowest BCUT2D eigenvalue weighted by Crippen LogP contribution is -2.45. The average Bonchev–Trinajstić information content (AvgIpc) is 2.17. The van der Waals surface area contributed by atoms with Gasteiger partial charge in [-0.15, -0.1) is 0 Å². The smallest absolute Gasteiger partial charge is 0.429 e. The molecule has 0 bridgehead atoms. The molecular formula is C9H14F3NO3. The predicted molar refractivity (Wildman–Crippen MR) is 48.4 cm³/mol. The fourth-order valence-corrected chi connectivity index (χ4v) is 1.56. The first-order valence-corrected chi connectivity index (χ1v) is 4.92. The number of ether oxygens (including phenoxy) is 1. The second-order valence-electron chi connectivity index (χ2n) is 4.16. The Hall–Kier alpha value is -0.820. The Bertz CT molecular complexity index is 261. The summed E-state index contributed by atoms with van der Waals surface area (Å²) < 4.78 is 39.7. The summed E-state index contributed by atoms with van der Waals surface area (Å²) in [6.45, 7) is 2.76. The molecule has 7 heteroatoms. The number of esters is 1. The van der Waals surface area contributed by atoms with Gasteiger partial charge in [0.25, 0.3) is 0 Å². The van der Waals surface area contributed by atoms with E-state index in [4.69, 9.17) is 0 Å². The molecule has 0 saturated carbocycles. The van der Waals surface area contributed by atoms with Gasteiger partial charge in [0.05, 0.1) is 0 Å². The Balaban J connectivity index is 2.57. The minimum absolute atomic E-state index is 0.458. The van der Waals surface area contributed by atoms with Crippen molar-refractivity contribution in [2.45, 2.75) is 32.2 Å². The molecule has 0 aliphatic carbocycles. The van der Waals surface area contributed by atoms with Gasteiger partial charge in [-0.3, -0.25) is 0 Å². The van der Waals surface area contributed by atoms with E-state index in [1.54, 1.807) is 6.92 Å². The molecule has 1 atom stereocenters. The van der Waals surface area contributed by atoms with Crippen LogP contribution in [0.15, 0.2) is 0 Å². The minimum atomic E-state index is -5.07. The summed E-state index contributed by atoms with van der Waals surface area (Å²) in [6, 6.07) is 0. The van der Waals surface area contributed by atoms with Crippen LogP contribution in [0.1, 0.15) is 19.8 Å². The topological polar surface area (TPSA) is 58.6 Å². The molecule has 94 valence electrons. The fraction of sp³-hybridized carbons (Fsp3) is 0.889. The lowest BCUT2D eigenvalue weighted by molar-refractivity contribution is -0.236. The van der Waals surface area contributed by atoms with Gasteiger partial charge in [-0.1, -0.05) is 6.92 Å². The molecule has 0 aromatic rings. The monoisotopic (exact) mass is 241 g/mol. The largest absolute Gasteiger partial charge is 0.491 e. The number of carbonyl (C=O) groups is 1. The molecule has 0 amide bonds. The molecule has 0 aromatic carbocycles. The summed E-state index contributed by atoms with van der Waals surface area (Å²) in [7, 11) is 0.